The van der Waals surface area contributed by atoms with E-state index in [0.29, 0.717) is 0 Å². The van der Waals surface area contributed by atoms with E-state index in [-0.39, 0.29) is 11.1 Å². The lowest BCUT2D eigenvalue weighted by molar-refractivity contribution is 0.0686. The summed E-state index contributed by atoms with van der Waals surface area (Å²) in [6.07, 6.45) is 0. The van der Waals surface area contributed by atoms with Crippen LogP contribution in [0.25, 0.3) is 43.8 Å². The number of carboxylic acid groups (broad SMARTS) is 2. The topological polar surface area (TPSA) is 74.6 Å². The Morgan fingerprint density at radius 2 is 0.844 bits per heavy atom. The molecule has 32 heavy (non-hydrogen) atoms. The zero-order valence-electron chi connectivity index (χ0n) is 16.9. The van der Waals surface area contributed by atoms with Crippen LogP contribution in [-0.4, -0.2) is 22.2 Å². The van der Waals surface area contributed by atoms with Gasteiger partial charge < -0.3 is 10.2 Å². The van der Waals surface area contributed by atoms with E-state index in [1.807, 2.05) is 36.4 Å². The molecule has 0 atom stereocenters. The minimum Gasteiger partial charge on any atom is -0.478 e. The molecule has 0 unspecified atom stereocenters. The van der Waals surface area contributed by atoms with Gasteiger partial charge in [-0.1, -0.05) is 48.5 Å². The van der Waals surface area contributed by atoms with Crippen LogP contribution in [-0.2, 0) is 0 Å². The average Bonchev–Trinajstić information content (AvgIpc) is 2.82. The summed E-state index contributed by atoms with van der Waals surface area (Å²) in [6, 6.07) is 30.3. The van der Waals surface area contributed by atoms with E-state index >= 15 is 0 Å². The summed E-state index contributed by atoms with van der Waals surface area (Å²) in [4.78, 5) is 22.6. The van der Waals surface area contributed by atoms with Gasteiger partial charge in [0.2, 0.25) is 0 Å². The van der Waals surface area contributed by atoms with Gasteiger partial charge in [-0.3, -0.25) is 0 Å². The maximum atomic E-state index is 11.3. The van der Waals surface area contributed by atoms with Gasteiger partial charge in [-0.05, 0) is 92.3 Å². The van der Waals surface area contributed by atoms with Gasteiger partial charge in [-0.25, -0.2) is 9.59 Å². The van der Waals surface area contributed by atoms with Crippen molar-refractivity contribution < 1.29 is 19.8 Å². The number of aromatic carboxylic acids is 2. The number of carboxylic acids is 2. The quantitative estimate of drug-likeness (QED) is 0.318. The summed E-state index contributed by atoms with van der Waals surface area (Å²) in [5.41, 5.74) is 4.12. The fourth-order valence-corrected chi connectivity index (χ4v) is 4.02. The van der Waals surface area contributed by atoms with Gasteiger partial charge >= 0.3 is 11.9 Å². The molecular weight excluding hydrogens is 400 g/mol. The third-order valence-corrected chi connectivity index (χ3v) is 5.68. The Kier molecular flexibility index (Phi) is 4.68. The van der Waals surface area contributed by atoms with Crippen LogP contribution in [0.2, 0.25) is 0 Å². The monoisotopic (exact) mass is 418 g/mol. The second-order valence-corrected chi connectivity index (χ2v) is 7.75. The summed E-state index contributed by atoms with van der Waals surface area (Å²) < 4.78 is 0. The highest BCUT2D eigenvalue weighted by atomic mass is 16.4. The highest BCUT2D eigenvalue weighted by Gasteiger charge is 2.08. The van der Waals surface area contributed by atoms with E-state index in [9.17, 15) is 19.8 Å². The number of benzene rings is 5. The zero-order valence-corrected chi connectivity index (χ0v) is 16.9. The first-order valence-electron chi connectivity index (χ1n) is 10.1. The Hall–Kier alpha value is -4.44. The molecule has 0 saturated heterocycles. The molecule has 0 saturated carbocycles. The summed E-state index contributed by atoms with van der Waals surface area (Å²) in [7, 11) is 0. The molecule has 0 heterocycles. The van der Waals surface area contributed by atoms with Gasteiger partial charge in [0.1, 0.15) is 0 Å². The molecule has 0 aliphatic rings. The molecule has 2 N–H and O–H groups in total. The number of hydrogen-bond acceptors (Lipinski definition) is 2. The van der Waals surface area contributed by atoms with Crippen molar-refractivity contribution in [3.05, 3.63) is 108 Å². The van der Waals surface area contributed by atoms with Crippen LogP contribution in [0.4, 0.5) is 0 Å². The van der Waals surface area contributed by atoms with Crippen molar-refractivity contribution in [1.82, 2.24) is 0 Å². The van der Waals surface area contributed by atoms with Crippen LogP contribution in [0.3, 0.4) is 0 Å². The summed E-state index contributed by atoms with van der Waals surface area (Å²) in [5.74, 6) is -1.89. The van der Waals surface area contributed by atoms with Crippen molar-refractivity contribution in [1.29, 1.82) is 0 Å². The summed E-state index contributed by atoms with van der Waals surface area (Å²) in [6.45, 7) is 0. The fourth-order valence-electron chi connectivity index (χ4n) is 4.02. The maximum Gasteiger partial charge on any atom is 0.335 e. The summed E-state index contributed by atoms with van der Waals surface area (Å²) >= 11 is 0. The SMILES string of the molecule is O=C(O)c1cccc(-c2ccc3cc4ccc(-c5cccc(C(=O)O)c5)cc4cc3c2)c1. The van der Waals surface area contributed by atoms with Crippen molar-refractivity contribution in [2.45, 2.75) is 0 Å². The van der Waals surface area contributed by atoms with Crippen molar-refractivity contribution in [3.8, 4) is 22.3 Å². The van der Waals surface area contributed by atoms with Gasteiger partial charge in [0.15, 0.2) is 0 Å². The average molecular weight is 418 g/mol. The Morgan fingerprint density at radius 1 is 0.438 bits per heavy atom. The molecule has 0 aromatic heterocycles. The van der Waals surface area contributed by atoms with E-state index in [1.54, 1.807) is 36.4 Å². The largest absolute Gasteiger partial charge is 0.478 e. The molecule has 154 valence electrons. The molecule has 4 nitrogen and oxygen atoms in total. The normalized spacial score (nSPS) is 11.0. The van der Waals surface area contributed by atoms with E-state index in [1.165, 1.54) is 0 Å². The highest BCUT2D eigenvalue weighted by Crippen LogP contribution is 2.31. The third-order valence-electron chi connectivity index (χ3n) is 5.68. The molecule has 0 bridgehead atoms. The molecule has 0 fully saturated rings. The van der Waals surface area contributed by atoms with Crippen molar-refractivity contribution in [3.63, 3.8) is 0 Å². The first-order chi connectivity index (χ1) is 15.5. The smallest absolute Gasteiger partial charge is 0.335 e. The van der Waals surface area contributed by atoms with Crippen LogP contribution in [0.5, 0.6) is 0 Å². The van der Waals surface area contributed by atoms with Gasteiger partial charge in [0.05, 0.1) is 11.1 Å². The second kappa shape index (κ2) is 7.67. The number of fused-ring (bicyclic) bond motifs is 2. The third kappa shape index (κ3) is 3.59. The van der Waals surface area contributed by atoms with Crippen molar-refractivity contribution in [2.24, 2.45) is 0 Å². The molecule has 0 amide bonds. The van der Waals surface area contributed by atoms with Crippen LogP contribution in [0, 0.1) is 0 Å². The molecule has 5 aromatic carbocycles. The van der Waals surface area contributed by atoms with Crippen molar-refractivity contribution in [2.75, 3.05) is 0 Å². The molecule has 0 spiro atoms. The first kappa shape index (κ1) is 19.5. The van der Waals surface area contributed by atoms with Gasteiger partial charge in [-0.2, -0.15) is 0 Å². The maximum absolute atomic E-state index is 11.3. The Balaban J connectivity index is 1.61. The molecule has 0 aliphatic heterocycles. The lowest BCUT2D eigenvalue weighted by Gasteiger charge is -2.09. The Morgan fingerprint density at radius 3 is 1.28 bits per heavy atom. The van der Waals surface area contributed by atoms with Crippen LogP contribution < -0.4 is 0 Å². The van der Waals surface area contributed by atoms with Crippen LogP contribution in [0.1, 0.15) is 20.7 Å². The fraction of sp³-hybridized carbons (Fsp3) is 0. The van der Waals surface area contributed by atoms with E-state index in [4.69, 9.17) is 0 Å². The van der Waals surface area contributed by atoms with Gasteiger partial charge in [0.25, 0.3) is 0 Å². The van der Waals surface area contributed by atoms with Gasteiger partial charge in [-0.15, -0.1) is 0 Å². The minimum absolute atomic E-state index is 0.259. The summed E-state index contributed by atoms with van der Waals surface area (Å²) in [5, 5.41) is 22.8. The second-order valence-electron chi connectivity index (χ2n) is 7.75. The van der Waals surface area contributed by atoms with E-state index < -0.39 is 11.9 Å². The number of rotatable bonds is 4. The predicted molar refractivity (Wildman–Crippen MR) is 126 cm³/mol. The van der Waals surface area contributed by atoms with E-state index in [0.717, 1.165) is 43.8 Å². The van der Waals surface area contributed by atoms with Gasteiger partial charge in [0, 0.05) is 0 Å². The number of carbonyl (C=O) groups is 2. The van der Waals surface area contributed by atoms with Crippen LogP contribution in [0.15, 0.2) is 97.1 Å². The molecule has 5 rings (SSSR count). The lowest BCUT2D eigenvalue weighted by Crippen LogP contribution is -1.95. The Labute approximate surface area is 184 Å². The Bertz CT molecular complexity index is 1420. The predicted octanol–water partition coefficient (Wildman–Crippen LogP) is 6.72. The van der Waals surface area contributed by atoms with Crippen molar-refractivity contribution >= 4 is 33.5 Å². The molecule has 0 radical (unpaired) electrons. The lowest BCUT2D eigenvalue weighted by atomic mass is 9.95. The zero-order chi connectivity index (χ0) is 22.2. The molecule has 5 aromatic rings. The standard InChI is InChI=1S/C28H18O4/c29-27(30)23-5-1-3-17(12-23)19-7-9-21-11-22-10-8-20(15-26(22)16-25(21)14-19)18-4-2-6-24(13-18)28(31)32/h1-16H,(H,29,30)(H,31,32). The minimum atomic E-state index is -0.946. The molecular formula is C28H18O4. The van der Waals surface area contributed by atoms with E-state index in [2.05, 4.69) is 24.3 Å². The van der Waals surface area contributed by atoms with Crippen LogP contribution >= 0.6 is 0 Å². The molecule has 0 aliphatic carbocycles. The first-order valence-corrected chi connectivity index (χ1v) is 10.1. The number of hydrogen-bond donors (Lipinski definition) is 2. The molecule has 4 heteroatoms. The highest BCUT2D eigenvalue weighted by molar-refractivity contribution is 6.01.